The summed E-state index contributed by atoms with van der Waals surface area (Å²) in [7, 11) is 10.1. The van der Waals surface area contributed by atoms with E-state index in [-0.39, 0.29) is 0 Å². The van der Waals surface area contributed by atoms with Crippen LogP contribution in [0.2, 0.25) is 0 Å². The standard InChI is InChI=1S/2ClH.Hg.H2N/h2*1H;;1H2/q;;+3;-1/p-2. The van der Waals surface area contributed by atoms with Gasteiger partial charge in [-0.25, -0.2) is 0 Å². The molecule has 0 amide bonds. The van der Waals surface area contributed by atoms with Crippen LogP contribution in [-0.4, -0.2) is 0 Å². The van der Waals surface area contributed by atoms with E-state index in [4.69, 9.17) is 20.0 Å². The monoisotopic (exact) mass is 288 g/mol. The van der Waals surface area contributed by atoms with E-state index in [1.165, 1.54) is 0 Å². The Bertz CT molecular complexity index is 10.8. The average Bonchev–Trinajstić information content (AvgIpc) is 0.811. The molecule has 0 aromatic rings. The van der Waals surface area contributed by atoms with Crippen molar-refractivity contribution in [2.75, 3.05) is 0 Å². The Labute approximate surface area is 40.7 Å². The summed E-state index contributed by atoms with van der Waals surface area (Å²) in [6.45, 7) is 0. The van der Waals surface area contributed by atoms with E-state index in [0.717, 1.165) is 0 Å². The molecule has 0 aliphatic rings. The van der Waals surface area contributed by atoms with Gasteiger partial charge in [-0.2, -0.15) is 0 Å². The first kappa shape index (κ1) is 5.48. The van der Waals surface area contributed by atoms with Crippen LogP contribution < -0.4 is 3.50 Å². The molecular weight excluding hydrogens is 286 g/mol. The van der Waals surface area contributed by atoms with Crippen molar-refractivity contribution >= 4 is 16.5 Å². The molecule has 0 fully saturated rings. The Morgan fingerprint density at radius 3 is 1.50 bits per heavy atom. The molecule has 0 radical (unpaired) electrons. The normalized spacial score (nSPS) is 6.75. The summed E-state index contributed by atoms with van der Waals surface area (Å²) in [5.74, 6) is 0. The summed E-state index contributed by atoms with van der Waals surface area (Å²) in [6.07, 6.45) is 0. The summed E-state index contributed by atoms with van der Waals surface area (Å²) < 4.78 is 4.87. The zero-order valence-corrected chi connectivity index (χ0v) is 9.05. The van der Waals surface area contributed by atoms with Gasteiger partial charge in [-0.1, -0.05) is 0 Å². The third-order valence-corrected chi connectivity index (χ3v) is 0. The van der Waals surface area contributed by atoms with Crippen molar-refractivity contribution in [2.45, 2.75) is 0 Å². The molecule has 0 rings (SSSR count). The maximum absolute atomic E-state index is 5.05. The average molecular weight is 288 g/mol. The van der Waals surface area contributed by atoms with E-state index in [2.05, 4.69) is 0 Å². The molecule has 1 nitrogen and oxygen atoms in total. The quantitative estimate of drug-likeness (QED) is 0.655. The molecule has 4 heavy (non-hydrogen) atoms. The molecule has 4 heteroatoms. The fraction of sp³-hybridized carbons (Fsp3) is 0. The predicted octanol–water partition coefficient (Wildman–Crippen LogP) is 0.786. The third kappa shape index (κ3) is 9.78. The summed E-state index contributed by atoms with van der Waals surface area (Å²) in [6, 6.07) is 0. The SMILES string of the molecule is [NH2][Hg]([Cl])[Cl]. The molecule has 0 heterocycles. The number of nitrogens with two attached hydrogens (primary N) is 1. The number of halogens is 2. The number of hydrogen-bond acceptors (Lipinski definition) is 1. The van der Waals surface area contributed by atoms with Crippen LogP contribution in [-0.2, 0) is 20.9 Å². The maximum atomic E-state index is 5.05. The summed E-state index contributed by atoms with van der Waals surface area (Å²) >= 11 is -2.34. The molecule has 0 aliphatic carbocycles. The molecule has 23 valence electrons. The van der Waals surface area contributed by atoms with Crippen LogP contribution in [0.1, 0.15) is 0 Å². The fourth-order valence-electron chi connectivity index (χ4n) is 0. The third-order valence-electron chi connectivity index (χ3n) is 0. The van der Waals surface area contributed by atoms with Crippen molar-refractivity contribution in [2.24, 2.45) is 3.50 Å². The van der Waals surface area contributed by atoms with E-state index in [9.17, 15) is 0 Å². The van der Waals surface area contributed by atoms with Crippen LogP contribution in [0.5, 0.6) is 0 Å². The summed E-state index contributed by atoms with van der Waals surface area (Å²) in [5.41, 5.74) is 0. The van der Waals surface area contributed by atoms with Crippen LogP contribution in [0.25, 0.3) is 0 Å². The van der Waals surface area contributed by atoms with Gasteiger partial charge < -0.3 is 0 Å². The molecule has 0 saturated carbocycles. The molecule has 0 saturated heterocycles. The van der Waals surface area contributed by atoms with Crippen molar-refractivity contribution in [1.82, 2.24) is 0 Å². The molecule has 0 aromatic carbocycles. The van der Waals surface area contributed by atoms with E-state index >= 15 is 0 Å². The molecule has 0 bridgehead atoms. The van der Waals surface area contributed by atoms with Gasteiger partial charge in [0, 0.05) is 0 Å². The molecule has 0 aliphatic heterocycles. The van der Waals surface area contributed by atoms with Crippen molar-refractivity contribution in [3.8, 4) is 0 Å². The Balaban J connectivity index is 2.32. The van der Waals surface area contributed by atoms with Crippen molar-refractivity contribution in [1.29, 1.82) is 0 Å². The van der Waals surface area contributed by atoms with E-state index in [0.29, 0.717) is 0 Å². The molecule has 0 atom stereocenters. The molecule has 2 N–H and O–H groups in total. The second kappa shape index (κ2) is 2.70. The van der Waals surface area contributed by atoms with Crippen molar-refractivity contribution < 1.29 is 20.9 Å². The zero-order valence-electron chi connectivity index (χ0n) is 2.04. The van der Waals surface area contributed by atoms with Gasteiger partial charge in [0.1, 0.15) is 0 Å². The Morgan fingerprint density at radius 2 is 1.50 bits per heavy atom. The van der Waals surface area contributed by atoms with Crippen LogP contribution in [0.4, 0.5) is 0 Å². The predicted molar refractivity (Wildman–Crippen MR) is 15.9 cm³/mol. The van der Waals surface area contributed by atoms with Crippen LogP contribution >= 0.6 is 16.5 Å². The van der Waals surface area contributed by atoms with Gasteiger partial charge in [-0.3, -0.25) is 0 Å². The van der Waals surface area contributed by atoms with E-state index in [1.54, 1.807) is 0 Å². The van der Waals surface area contributed by atoms with Crippen molar-refractivity contribution in [3.63, 3.8) is 0 Å². The molecule has 0 aromatic heterocycles. The van der Waals surface area contributed by atoms with Gasteiger partial charge in [0.15, 0.2) is 0 Å². The first-order valence-electron chi connectivity index (χ1n) is 0.943. The van der Waals surface area contributed by atoms with Gasteiger partial charge in [0.25, 0.3) is 0 Å². The summed E-state index contributed by atoms with van der Waals surface area (Å²) in [5, 5.41) is 0. The zero-order chi connectivity index (χ0) is 3.58. The molecule has 0 spiro atoms. The fourth-order valence-corrected chi connectivity index (χ4v) is 0. The second-order valence-corrected chi connectivity index (χ2v) is 16.1. The molecular formula is H2Cl2HgN. The van der Waals surface area contributed by atoms with Crippen LogP contribution in [0.3, 0.4) is 0 Å². The number of rotatable bonds is 0. The topological polar surface area (TPSA) is 26.0 Å². The minimum atomic E-state index is -2.34. The Kier molecular flexibility index (Phi) is 3.69. The molecule has 0 unspecified atom stereocenters. The van der Waals surface area contributed by atoms with E-state index < -0.39 is 20.9 Å². The van der Waals surface area contributed by atoms with Crippen LogP contribution in [0, 0.1) is 0 Å². The first-order valence-corrected chi connectivity index (χ1v) is 17.7. The van der Waals surface area contributed by atoms with Gasteiger partial charge in [-0.15, -0.1) is 0 Å². The second-order valence-electron chi connectivity index (χ2n) is 0.410. The van der Waals surface area contributed by atoms with Gasteiger partial charge in [0.2, 0.25) is 0 Å². The number of hydrogen-bond donors (Lipinski definition) is 1. The van der Waals surface area contributed by atoms with Gasteiger partial charge in [0.05, 0.1) is 0 Å². The van der Waals surface area contributed by atoms with Gasteiger partial charge in [-0.05, 0) is 0 Å². The Morgan fingerprint density at radius 1 is 1.50 bits per heavy atom. The van der Waals surface area contributed by atoms with Gasteiger partial charge >= 0.3 is 40.9 Å². The van der Waals surface area contributed by atoms with Crippen molar-refractivity contribution in [3.05, 3.63) is 0 Å². The van der Waals surface area contributed by atoms with E-state index in [1.807, 2.05) is 0 Å². The first-order chi connectivity index (χ1) is 1.73. The Hall–Kier alpha value is 1.48. The summed E-state index contributed by atoms with van der Waals surface area (Å²) in [4.78, 5) is 0. The minimum absolute atomic E-state index is 2.34. The van der Waals surface area contributed by atoms with Crippen LogP contribution in [0.15, 0.2) is 0 Å².